The van der Waals surface area contributed by atoms with E-state index in [0.29, 0.717) is 16.9 Å². The summed E-state index contributed by atoms with van der Waals surface area (Å²) in [5.74, 6) is 0.752. The van der Waals surface area contributed by atoms with Gasteiger partial charge in [-0.2, -0.15) is 0 Å². The summed E-state index contributed by atoms with van der Waals surface area (Å²) >= 11 is 0. The fraction of sp³-hybridized carbons (Fsp3) is 0.464. The van der Waals surface area contributed by atoms with Crippen molar-refractivity contribution in [1.82, 2.24) is 0 Å². The first-order chi connectivity index (χ1) is 20.1. The van der Waals surface area contributed by atoms with Gasteiger partial charge in [0.05, 0.1) is 31.3 Å². The molecule has 3 heterocycles. The zero-order valence-corrected chi connectivity index (χ0v) is 22.3. The van der Waals surface area contributed by atoms with Gasteiger partial charge in [-0.3, -0.25) is 4.79 Å². The van der Waals surface area contributed by atoms with E-state index in [0.717, 1.165) is 0 Å². The van der Waals surface area contributed by atoms with Crippen LogP contribution in [0.5, 0.6) is 11.5 Å². The average Bonchev–Trinajstić information content (AvgIpc) is 3.00. The molecule has 10 atom stereocenters. The minimum absolute atomic E-state index is 0.115. The topological polar surface area (TPSA) is 218 Å². The third-order valence-corrected chi connectivity index (χ3v) is 7.34. The summed E-state index contributed by atoms with van der Waals surface area (Å²) in [5, 5.41) is 71.0. The molecule has 14 heteroatoms. The lowest BCUT2D eigenvalue weighted by molar-refractivity contribution is -0.323. The second-order valence-electron chi connectivity index (χ2n) is 10.0. The van der Waals surface area contributed by atoms with Gasteiger partial charge in [0.2, 0.25) is 6.29 Å². The summed E-state index contributed by atoms with van der Waals surface area (Å²) < 4.78 is 32.9. The van der Waals surface area contributed by atoms with E-state index in [1.807, 2.05) is 0 Å². The summed E-state index contributed by atoms with van der Waals surface area (Å²) in [6.07, 6.45) is -14.2. The van der Waals surface area contributed by atoms with Crippen molar-refractivity contribution in [1.29, 1.82) is 0 Å². The number of fused-ring (bicyclic) bond motifs is 1. The normalized spacial score (nSPS) is 33.4. The van der Waals surface area contributed by atoms with Crippen LogP contribution in [0.15, 0.2) is 57.9 Å². The molecule has 14 nitrogen and oxygen atoms in total. The van der Waals surface area contributed by atoms with Gasteiger partial charge in [-0.25, -0.2) is 0 Å². The van der Waals surface area contributed by atoms with Crippen molar-refractivity contribution in [2.24, 2.45) is 0 Å². The highest BCUT2D eigenvalue weighted by molar-refractivity contribution is 5.82. The molecule has 5 rings (SSSR count). The molecule has 0 spiro atoms. The Kier molecular flexibility index (Phi) is 9.10. The van der Waals surface area contributed by atoms with Crippen LogP contribution < -0.4 is 14.9 Å². The van der Waals surface area contributed by atoms with E-state index in [-0.39, 0.29) is 22.1 Å². The first kappa shape index (κ1) is 30.3. The smallest absolute Gasteiger partial charge is 0.229 e. The van der Waals surface area contributed by atoms with Crippen LogP contribution in [-0.2, 0) is 14.2 Å². The SMILES string of the molecule is COc1ccc(-c2coc3cc(O[C@H]4O[C@H](CO[C@H]5O[C@H](CO)[C@@H](O)[C@H](O)[C@H]5O)[C@@H](O)[C@H](O)[C@H]4O)ccc3c2=O)cc1. The molecule has 2 aromatic carbocycles. The summed E-state index contributed by atoms with van der Waals surface area (Å²) in [7, 11) is 1.54. The average molecular weight is 593 g/mol. The van der Waals surface area contributed by atoms with Crippen molar-refractivity contribution in [3.05, 3.63) is 59.0 Å². The Morgan fingerprint density at radius 1 is 0.762 bits per heavy atom. The third kappa shape index (κ3) is 5.87. The lowest BCUT2D eigenvalue weighted by Crippen LogP contribution is -2.62. The van der Waals surface area contributed by atoms with Gasteiger partial charge in [-0.1, -0.05) is 12.1 Å². The number of benzene rings is 2. The van der Waals surface area contributed by atoms with Crippen molar-refractivity contribution < 1.29 is 63.8 Å². The predicted molar refractivity (Wildman–Crippen MR) is 142 cm³/mol. The van der Waals surface area contributed by atoms with Crippen LogP contribution in [0.25, 0.3) is 22.1 Å². The van der Waals surface area contributed by atoms with E-state index in [1.165, 1.54) is 31.6 Å². The number of ether oxygens (including phenoxy) is 5. The van der Waals surface area contributed by atoms with Gasteiger partial charge in [0.25, 0.3) is 0 Å². The fourth-order valence-electron chi connectivity index (χ4n) is 4.83. The zero-order chi connectivity index (χ0) is 30.1. The number of hydrogen-bond donors (Lipinski definition) is 7. The maximum Gasteiger partial charge on any atom is 0.229 e. The quantitative estimate of drug-likeness (QED) is 0.158. The molecule has 2 fully saturated rings. The number of methoxy groups -OCH3 is 1. The number of aliphatic hydroxyl groups excluding tert-OH is 7. The summed E-state index contributed by atoms with van der Waals surface area (Å²) in [6.45, 7) is -1.17. The van der Waals surface area contributed by atoms with Crippen LogP contribution in [0, 0.1) is 0 Å². The number of aliphatic hydroxyl groups is 7. The molecular formula is C28H32O14. The highest BCUT2D eigenvalue weighted by Gasteiger charge is 2.47. The predicted octanol–water partition coefficient (Wildman–Crippen LogP) is -1.53. The van der Waals surface area contributed by atoms with Gasteiger partial charge in [-0.05, 0) is 29.8 Å². The molecule has 0 saturated carbocycles. The van der Waals surface area contributed by atoms with Gasteiger partial charge < -0.3 is 63.8 Å². The standard InChI is InChI=1S/C28H32O14/c1-37-13-4-2-12(3-5-13)16-10-38-17-8-14(6-7-15(17)20(16)30)40-28-26(36)24(34)22(32)19(42-28)11-39-27-25(35)23(33)21(31)18(9-29)41-27/h2-8,10,18-19,21-29,31-36H,9,11H2,1H3/t18-,19-,21-,22-,23+,24+,25-,26-,27+,28+/m1/s1. The Hall–Kier alpha value is -3.15. The molecule has 2 aliphatic rings. The highest BCUT2D eigenvalue weighted by Crippen LogP contribution is 2.29. The highest BCUT2D eigenvalue weighted by atomic mass is 16.7. The van der Waals surface area contributed by atoms with Crippen molar-refractivity contribution in [3.63, 3.8) is 0 Å². The fourth-order valence-corrected chi connectivity index (χ4v) is 4.83. The maximum atomic E-state index is 13.1. The van der Waals surface area contributed by atoms with E-state index < -0.39 is 74.6 Å². The Morgan fingerprint density at radius 2 is 1.38 bits per heavy atom. The minimum atomic E-state index is -1.72. The van der Waals surface area contributed by atoms with Gasteiger partial charge in [0.15, 0.2) is 11.7 Å². The van der Waals surface area contributed by atoms with Crippen LogP contribution in [0.4, 0.5) is 0 Å². The van der Waals surface area contributed by atoms with E-state index in [9.17, 15) is 40.5 Å². The van der Waals surface area contributed by atoms with Crippen LogP contribution in [0.2, 0.25) is 0 Å². The van der Waals surface area contributed by atoms with Crippen molar-refractivity contribution >= 4 is 11.0 Å². The van der Waals surface area contributed by atoms with Crippen LogP contribution in [0.3, 0.4) is 0 Å². The van der Waals surface area contributed by atoms with Crippen LogP contribution in [-0.4, -0.2) is 117 Å². The summed E-state index contributed by atoms with van der Waals surface area (Å²) in [6, 6.07) is 11.2. The Bertz CT molecular complexity index is 1410. The molecule has 7 N–H and O–H groups in total. The Morgan fingerprint density at radius 3 is 2.05 bits per heavy atom. The largest absolute Gasteiger partial charge is 0.497 e. The van der Waals surface area contributed by atoms with E-state index in [1.54, 1.807) is 24.3 Å². The second-order valence-corrected chi connectivity index (χ2v) is 10.0. The molecule has 2 aliphatic heterocycles. The van der Waals surface area contributed by atoms with Gasteiger partial charge in [-0.15, -0.1) is 0 Å². The van der Waals surface area contributed by atoms with Gasteiger partial charge in [0.1, 0.15) is 72.2 Å². The molecule has 0 radical (unpaired) electrons. The number of hydrogen-bond acceptors (Lipinski definition) is 14. The second kappa shape index (κ2) is 12.6. The summed E-state index contributed by atoms with van der Waals surface area (Å²) in [5.41, 5.74) is 0.869. The number of rotatable bonds is 8. The maximum absolute atomic E-state index is 13.1. The van der Waals surface area contributed by atoms with Gasteiger partial charge >= 0.3 is 0 Å². The first-order valence-corrected chi connectivity index (χ1v) is 13.1. The molecular weight excluding hydrogens is 560 g/mol. The van der Waals surface area contributed by atoms with Gasteiger partial charge in [0, 0.05) is 6.07 Å². The van der Waals surface area contributed by atoms with Crippen molar-refractivity contribution in [3.8, 4) is 22.6 Å². The third-order valence-electron chi connectivity index (χ3n) is 7.34. The molecule has 1 aromatic heterocycles. The lowest BCUT2D eigenvalue weighted by Gasteiger charge is -2.42. The Labute approximate surface area is 238 Å². The van der Waals surface area contributed by atoms with E-state index in [4.69, 9.17) is 28.1 Å². The Balaban J connectivity index is 1.29. The lowest BCUT2D eigenvalue weighted by atomic mass is 9.98. The molecule has 0 bridgehead atoms. The molecule has 0 unspecified atom stereocenters. The summed E-state index contributed by atoms with van der Waals surface area (Å²) in [4.78, 5) is 13.1. The van der Waals surface area contributed by atoms with E-state index >= 15 is 0 Å². The minimum Gasteiger partial charge on any atom is -0.497 e. The van der Waals surface area contributed by atoms with Crippen LogP contribution in [0.1, 0.15) is 0 Å². The van der Waals surface area contributed by atoms with Crippen molar-refractivity contribution in [2.45, 2.75) is 61.4 Å². The van der Waals surface area contributed by atoms with Crippen LogP contribution >= 0.6 is 0 Å². The monoisotopic (exact) mass is 592 g/mol. The molecule has 228 valence electrons. The molecule has 2 saturated heterocycles. The van der Waals surface area contributed by atoms with Crippen molar-refractivity contribution in [2.75, 3.05) is 20.3 Å². The molecule has 3 aromatic rings. The van der Waals surface area contributed by atoms with E-state index in [2.05, 4.69) is 0 Å². The zero-order valence-electron chi connectivity index (χ0n) is 22.3. The molecule has 42 heavy (non-hydrogen) atoms. The molecule has 0 amide bonds. The first-order valence-electron chi connectivity index (χ1n) is 13.1. The molecule has 0 aliphatic carbocycles.